The molecule has 0 saturated carbocycles. The summed E-state index contributed by atoms with van der Waals surface area (Å²) in [7, 11) is 1.74. The number of carbonyl (C=O) groups excluding carboxylic acids is 1. The van der Waals surface area contributed by atoms with Crippen molar-refractivity contribution in [3.05, 3.63) is 46.5 Å². The molecule has 1 aliphatic rings. The van der Waals surface area contributed by atoms with E-state index >= 15 is 0 Å². The van der Waals surface area contributed by atoms with Crippen LogP contribution >= 0.6 is 0 Å². The Bertz CT molecular complexity index is 592. The van der Waals surface area contributed by atoms with Crippen LogP contribution in [0.2, 0.25) is 0 Å². The number of benzene rings is 1. The Hall–Kier alpha value is -2.21. The van der Waals surface area contributed by atoms with E-state index in [9.17, 15) is 4.79 Å². The lowest BCUT2D eigenvalue weighted by Crippen LogP contribution is -2.08. The SMILES string of the molecule is CC.CCc1ccccc1C#N.CN=CC1=C(C)CCC(=O)C1. The summed E-state index contributed by atoms with van der Waals surface area (Å²) in [6.45, 7) is 8.12. The molecule has 0 radical (unpaired) electrons. The van der Waals surface area contributed by atoms with Crippen LogP contribution in [0.3, 0.4) is 0 Å². The first kappa shape index (κ1) is 20.8. The van der Waals surface area contributed by atoms with Gasteiger partial charge < -0.3 is 0 Å². The number of allylic oxidation sites excluding steroid dienone is 2. The Morgan fingerprint density at radius 1 is 1.26 bits per heavy atom. The molecule has 0 saturated heterocycles. The molecule has 0 atom stereocenters. The average molecular weight is 312 g/mol. The largest absolute Gasteiger partial charge is 0.299 e. The summed E-state index contributed by atoms with van der Waals surface area (Å²) in [4.78, 5) is 14.9. The van der Waals surface area contributed by atoms with E-state index in [1.807, 2.05) is 38.1 Å². The third kappa shape index (κ3) is 7.56. The number of rotatable bonds is 2. The molecule has 0 aromatic heterocycles. The van der Waals surface area contributed by atoms with Gasteiger partial charge in [0.15, 0.2) is 0 Å². The Balaban J connectivity index is 0.000000381. The van der Waals surface area contributed by atoms with Crippen molar-refractivity contribution < 1.29 is 4.79 Å². The van der Waals surface area contributed by atoms with Gasteiger partial charge in [-0.05, 0) is 37.0 Å². The fourth-order valence-corrected chi connectivity index (χ4v) is 2.19. The van der Waals surface area contributed by atoms with Gasteiger partial charge in [0.05, 0.1) is 11.6 Å². The standard InChI is InChI=1S/C9H13NO.C9H9N.C2H6/c1-7-3-4-9(11)5-8(7)6-10-2;1-2-8-5-3-4-6-9(8)7-10;1-2/h6H,3-5H2,1-2H3;3-6H,2H2,1H3;1-2H3. The van der Waals surface area contributed by atoms with Gasteiger partial charge in [-0.25, -0.2) is 0 Å². The highest BCUT2D eigenvalue weighted by atomic mass is 16.1. The summed E-state index contributed by atoms with van der Waals surface area (Å²) in [5.41, 5.74) is 4.36. The molecular weight excluding hydrogens is 284 g/mol. The van der Waals surface area contributed by atoms with Crippen LogP contribution < -0.4 is 0 Å². The summed E-state index contributed by atoms with van der Waals surface area (Å²) < 4.78 is 0. The second-order valence-corrected chi connectivity index (χ2v) is 5.03. The highest BCUT2D eigenvalue weighted by Crippen LogP contribution is 2.20. The van der Waals surface area contributed by atoms with E-state index in [1.165, 1.54) is 5.57 Å². The fourth-order valence-electron chi connectivity index (χ4n) is 2.19. The van der Waals surface area contributed by atoms with Crippen LogP contribution in [-0.2, 0) is 11.2 Å². The zero-order valence-corrected chi connectivity index (χ0v) is 15.0. The van der Waals surface area contributed by atoms with E-state index in [4.69, 9.17) is 5.26 Å². The molecule has 0 spiro atoms. The van der Waals surface area contributed by atoms with Crippen molar-refractivity contribution in [2.75, 3.05) is 7.05 Å². The minimum absolute atomic E-state index is 0.338. The first-order valence-electron chi connectivity index (χ1n) is 8.22. The van der Waals surface area contributed by atoms with Crippen molar-refractivity contribution in [2.45, 2.75) is 53.4 Å². The summed E-state index contributed by atoms with van der Waals surface area (Å²) >= 11 is 0. The quantitative estimate of drug-likeness (QED) is 0.729. The minimum Gasteiger partial charge on any atom is -0.299 e. The van der Waals surface area contributed by atoms with E-state index in [0.717, 1.165) is 29.5 Å². The number of aryl methyl sites for hydroxylation is 1. The van der Waals surface area contributed by atoms with Crippen LogP contribution in [0, 0.1) is 11.3 Å². The molecule has 23 heavy (non-hydrogen) atoms. The average Bonchev–Trinajstić information content (AvgIpc) is 2.60. The van der Waals surface area contributed by atoms with Crippen molar-refractivity contribution in [3.63, 3.8) is 0 Å². The van der Waals surface area contributed by atoms with E-state index < -0.39 is 0 Å². The zero-order valence-electron chi connectivity index (χ0n) is 15.0. The molecule has 0 aliphatic heterocycles. The molecule has 0 bridgehead atoms. The summed E-state index contributed by atoms with van der Waals surface area (Å²) in [6, 6.07) is 9.82. The highest BCUT2D eigenvalue weighted by Gasteiger charge is 2.13. The van der Waals surface area contributed by atoms with Crippen molar-refractivity contribution in [1.29, 1.82) is 5.26 Å². The zero-order chi connectivity index (χ0) is 17.7. The molecule has 1 aliphatic carbocycles. The predicted molar refractivity (Wildman–Crippen MR) is 97.9 cm³/mol. The third-order valence-electron chi connectivity index (χ3n) is 3.52. The normalized spacial score (nSPS) is 13.7. The van der Waals surface area contributed by atoms with Crippen LogP contribution in [0.1, 0.15) is 58.1 Å². The number of carbonyl (C=O) groups is 1. The first-order valence-corrected chi connectivity index (χ1v) is 8.22. The molecule has 0 heterocycles. The number of aliphatic imine (C=N–C) groups is 1. The van der Waals surface area contributed by atoms with Gasteiger partial charge in [-0.1, -0.05) is 44.5 Å². The van der Waals surface area contributed by atoms with Crippen LogP contribution in [0.15, 0.2) is 40.4 Å². The van der Waals surface area contributed by atoms with Crippen molar-refractivity contribution in [3.8, 4) is 6.07 Å². The van der Waals surface area contributed by atoms with Gasteiger partial charge >= 0.3 is 0 Å². The monoisotopic (exact) mass is 312 g/mol. The van der Waals surface area contributed by atoms with E-state index in [1.54, 1.807) is 13.3 Å². The number of hydrogen-bond acceptors (Lipinski definition) is 3. The lowest BCUT2D eigenvalue weighted by molar-refractivity contribution is -0.118. The van der Waals surface area contributed by atoms with Crippen LogP contribution in [-0.4, -0.2) is 19.0 Å². The molecule has 2 rings (SSSR count). The summed E-state index contributed by atoms with van der Waals surface area (Å²) in [5, 5.41) is 8.60. The van der Waals surface area contributed by atoms with E-state index in [0.29, 0.717) is 18.6 Å². The van der Waals surface area contributed by atoms with Crippen LogP contribution in [0.5, 0.6) is 0 Å². The molecular formula is C20H28N2O. The lowest BCUT2D eigenvalue weighted by Gasteiger charge is -2.12. The Labute approximate surface area is 140 Å². The molecule has 1 aromatic carbocycles. The van der Waals surface area contributed by atoms with Gasteiger partial charge in [0.1, 0.15) is 5.78 Å². The molecule has 124 valence electrons. The minimum atomic E-state index is 0.338. The van der Waals surface area contributed by atoms with Crippen molar-refractivity contribution >= 4 is 12.0 Å². The van der Waals surface area contributed by atoms with Crippen molar-refractivity contribution in [1.82, 2.24) is 0 Å². The van der Waals surface area contributed by atoms with Gasteiger partial charge in [-0.3, -0.25) is 9.79 Å². The lowest BCUT2D eigenvalue weighted by atomic mass is 9.92. The molecule has 3 nitrogen and oxygen atoms in total. The Kier molecular flexibility index (Phi) is 11.2. The number of nitriles is 1. The fraction of sp³-hybridized carbons (Fsp3) is 0.450. The van der Waals surface area contributed by atoms with Gasteiger partial charge in [0.25, 0.3) is 0 Å². The number of hydrogen-bond donors (Lipinski definition) is 0. The van der Waals surface area contributed by atoms with Gasteiger partial charge in [0, 0.05) is 26.1 Å². The molecule has 0 amide bonds. The highest BCUT2D eigenvalue weighted by molar-refractivity contribution is 5.92. The molecule has 1 aromatic rings. The van der Waals surface area contributed by atoms with E-state index in [2.05, 4.69) is 24.9 Å². The first-order chi connectivity index (χ1) is 11.1. The Morgan fingerprint density at radius 2 is 1.91 bits per heavy atom. The number of nitrogens with zero attached hydrogens (tertiary/aromatic N) is 2. The molecule has 0 fully saturated rings. The number of Topliss-reactive ketones (excluding diaryl/α,β-unsaturated/α-hetero) is 1. The maximum absolute atomic E-state index is 11.0. The maximum atomic E-state index is 11.0. The maximum Gasteiger partial charge on any atom is 0.137 e. The molecule has 0 N–H and O–H groups in total. The summed E-state index contributed by atoms with van der Waals surface area (Å²) in [5.74, 6) is 0.338. The Morgan fingerprint density at radius 3 is 2.43 bits per heavy atom. The van der Waals surface area contributed by atoms with Crippen LogP contribution in [0.4, 0.5) is 0 Å². The van der Waals surface area contributed by atoms with Gasteiger partial charge in [0.2, 0.25) is 0 Å². The van der Waals surface area contributed by atoms with E-state index in [-0.39, 0.29) is 0 Å². The smallest absolute Gasteiger partial charge is 0.137 e. The molecule has 0 unspecified atom stereocenters. The van der Waals surface area contributed by atoms with Crippen LogP contribution in [0.25, 0.3) is 0 Å². The van der Waals surface area contributed by atoms with Gasteiger partial charge in [-0.2, -0.15) is 5.26 Å². The van der Waals surface area contributed by atoms with Gasteiger partial charge in [-0.15, -0.1) is 0 Å². The number of ketones is 1. The second kappa shape index (κ2) is 12.3. The molecule has 3 heteroatoms. The van der Waals surface area contributed by atoms with Crippen molar-refractivity contribution in [2.24, 2.45) is 4.99 Å². The summed E-state index contributed by atoms with van der Waals surface area (Å²) in [6.07, 6.45) is 4.95. The predicted octanol–water partition coefficient (Wildman–Crippen LogP) is 4.90. The topological polar surface area (TPSA) is 53.2 Å². The second-order valence-electron chi connectivity index (χ2n) is 5.03. The third-order valence-corrected chi connectivity index (χ3v) is 3.52.